The van der Waals surface area contributed by atoms with Crippen LogP contribution in [0, 0.1) is 0 Å². The van der Waals surface area contributed by atoms with Crippen molar-refractivity contribution >= 4 is 21.6 Å². The van der Waals surface area contributed by atoms with E-state index in [9.17, 15) is 5.11 Å². The summed E-state index contributed by atoms with van der Waals surface area (Å²) in [6, 6.07) is 21.2. The molecule has 0 saturated carbocycles. The number of aromatic nitrogens is 1. The number of para-hydroxylation sites is 2. The predicted molar refractivity (Wildman–Crippen MR) is 121 cm³/mol. The molecule has 1 aromatic heterocycles. The highest BCUT2D eigenvalue weighted by Crippen LogP contribution is 2.43. The first kappa shape index (κ1) is 18.9. The molecule has 0 radical (unpaired) electrons. The normalized spacial score (nSPS) is 18.7. The third kappa shape index (κ3) is 3.63. The Kier molecular flexibility index (Phi) is 4.98. The van der Waals surface area contributed by atoms with Crippen LogP contribution in [-0.4, -0.2) is 40.3 Å². The van der Waals surface area contributed by atoms with Crippen LogP contribution in [0.5, 0.6) is 0 Å². The number of benzene rings is 2. The molecule has 150 valence electrons. The van der Waals surface area contributed by atoms with Gasteiger partial charge in [-0.1, -0.05) is 40.2 Å². The molecule has 5 rings (SSSR count). The SMILES string of the molecule is O[C@@H](Cc1ccc(Br)cc1)CN1CCC2(CC1)Nc1ccccc1-n1cccc12. The first-order valence-electron chi connectivity index (χ1n) is 10.3. The van der Waals surface area contributed by atoms with Gasteiger partial charge in [-0.05, 0) is 61.2 Å². The average Bonchev–Trinajstić information content (AvgIpc) is 3.23. The highest BCUT2D eigenvalue weighted by molar-refractivity contribution is 9.10. The molecule has 2 aromatic carbocycles. The Bertz CT molecular complexity index is 989. The summed E-state index contributed by atoms with van der Waals surface area (Å²) in [5.74, 6) is 0. The van der Waals surface area contributed by atoms with E-state index in [1.165, 1.54) is 22.6 Å². The Morgan fingerprint density at radius 3 is 2.55 bits per heavy atom. The predicted octanol–water partition coefficient (Wildman–Crippen LogP) is 4.56. The minimum absolute atomic E-state index is 0.0228. The van der Waals surface area contributed by atoms with Gasteiger partial charge in [0.15, 0.2) is 0 Å². The summed E-state index contributed by atoms with van der Waals surface area (Å²) < 4.78 is 3.41. The van der Waals surface area contributed by atoms with Crippen LogP contribution in [0.15, 0.2) is 71.3 Å². The van der Waals surface area contributed by atoms with Crippen molar-refractivity contribution in [2.75, 3.05) is 25.0 Å². The van der Waals surface area contributed by atoms with E-state index in [1.807, 2.05) is 12.1 Å². The zero-order valence-corrected chi connectivity index (χ0v) is 18.0. The van der Waals surface area contributed by atoms with Gasteiger partial charge in [0.05, 0.1) is 23.0 Å². The molecule has 0 unspecified atom stereocenters. The number of piperidine rings is 1. The number of aliphatic hydroxyl groups is 1. The number of likely N-dealkylation sites (tertiary alicyclic amines) is 1. The number of β-amino-alcohol motifs (C(OH)–C–C–N with tert-alkyl or cyclic N) is 1. The number of aliphatic hydroxyl groups excluding tert-OH is 1. The van der Waals surface area contributed by atoms with Crippen molar-refractivity contribution in [3.05, 3.63) is 82.6 Å². The first-order valence-corrected chi connectivity index (χ1v) is 11.1. The zero-order chi connectivity index (χ0) is 19.8. The summed E-state index contributed by atoms with van der Waals surface area (Å²) in [6.07, 6.45) is 4.61. The molecule has 1 atom stereocenters. The third-order valence-electron chi connectivity index (χ3n) is 6.34. The van der Waals surface area contributed by atoms with Crippen LogP contribution in [-0.2, 0) is 12.0 Å². The highest BCUT2D eigenvalue weighted by Gasteiger charge is 2.41. The number of halogens is 1. The largest absolute Gasteiger partial charge is 0.391 e. The fourth-order valence-corrected chi connectivity index (χ4v) is 5.11. The summed E-state index contributed by atoms with van der Waals surface area (Å²) in [5.41, 5.74) is 4.94. The minimum Gasteiger partial charge on any atom is -0.391 e. The molecule has 2 N–H and O–H groups in total. The lowest BCUT2D eigenvalue weighted by Crippen LogP contribution is -2.51. The van der Waals surface area contributed by atoms with E-state index >= 15 is 0 Å². The molecule has 3 aromatic rings. The molecule has 1 fully saturated rings. The van der Waals surface area contributed by atoms with Crippen molar-refractivity contribution in [2.24, 2.45) is 0 Å². The lowest BCUT2D eigenvalue weighted by Gasteiger charge is -2.46. The summed E-state index contributed by atoms with van der Waals surface area (Å²) >= 11 is 3.47. The van der Waals surface area contributed by atoms with Crippen LogP contribution in [0.25, 0.3) is 5.69 Å². The maximum absolute atomic E-state index is 10.6. The van der Waals surface area contributed by atoms with Crippen LogP contribution in [0.1, 0.15) is 24.1 Å². The van der Waals surface area contributed by atoms with E-state index in [1.54, 1.807) is 0 Å². The molecule has 4 nitrogen and oxygen atoms in total. The van der Waals surface area contributed by atoms with Gasteiger partial charge in [0.1, 0.15) is 0 Å². The highest BCUT2D eigenvalue weighted by atomic mass is 79.9. The number of nitrogens with zero attached hydrogens (tertiary/aromatic N) is 2. The van der Waals surface area contributed by atoms with Gasteiger partial charge in [-0.2, -0.15) is 0 Å². The number of nitrogens with one attached hydrogen (secondary N) is 1. The number of rotatable bonds is 4. The van der Waals surface area contributed by atoms with Crippen LogP contribution >= 0.6 is 15.9 Å². The molecule has 2 aliphatic heterocycles. The maximum atomic E-state index is 10.6. The summed E-state index contributed by atoms with van der Waals surface area (Å²) in [7, 11) is 0. The van der Waals surface area contributed by atoms with E-state index < -0.39 is 0 Å². The molecular formula is C24H26BrN3O. The first-order chi connectivity index (χ1) is 14.1. The molecule has 2 aliphatic rings. The van der Waals surface area contributed by atoms with Crippen molar-refractivity contribution in [2.45, 2.75) is 30.9 Å². The second-order valence-corrected chi connectivity index (χ2v) is 9.19. The summed E-state index contributed by atoms with van der Waals surface area (Å²) in [5, 5.41) is 14.5. The quantitative estimate of drug-likeness (QED) is 0.610. The third-order valence-corrected chi connectivity index (χ3v) is 6.87. The molecule has 0 bridgehead atoms. The van der Waals surface area contributed by atoms with Crippen molar-refractivity contribution in [1.29, 1.82) is 0 Å². The van der Waals surface area contributed by atoms with Gasteiger partial charge in [0.25, 0.3) is 0 Å². The van der Waals surface area contributed by atoms with Crippen LogP contribution in [0.4, 0.5) is 5.69 Å². The van der Waals surface area contributed by atoms with Gasteiger partial charge in [0, 0.05) is 36.0 Å². The van der Waals surface area contributed by atoms with Gasteiger partial charge < -0.3 is 19.9 Å². The minimum atomic E-state index is -0.339. The van der Waals surface area contributed by atoms with E-state index in [-0.39, 0.29) is 11.6 Å². The van der Waals surface area contributed by atoms with Gasteiger partial charge in [-0.3, -0.25) is 0 Å². The monoisotopic (exact) mass is 451 g/mol. The lowest BCUT2D eigenvalue weighted by molar-refractivity contribution is 0.0846. The molecule has 3 heterocycles. The molecular weight excluding hydrogens is 426 g/mol. The second kappa shape index (κ2) is 7.63. The Labute approximate surface area is 180 Å². The molecule has 0 aliphatic carbocycles. The lowest BCUT2D eigenvalue weighted by atomic mass is 9.82. The zero-order valence-electron chi connectivity index (χ0n) is 16.4. The van der Waals surface area contributed by atoms with Gasteiger partial charge in [0.2, 0.25) is 0 Å². The number of anilines is 1. The molecule has 29 heavy (non-hydrogen) atoms. The van der Waals surface area contributed by atoms with Crippen LogP contribution in [0.2, 0.25) is 0 Å². The van der Waals surface area contributed by atoms with Gasteiger partial charge in [-0.25, -0.2) is 0 Å². The van der Waals surface area contributed by atoms with Gasteiger partial charge in [-0.15, -0.1) is 0 Å². The van der Waals surface area contributed by atoms with Crippen LogP contribution < -0.4 is 5.32 Å². The Balaban J connectivity index is 1.25. The Morgan fingerprint density at radius 1 is 1.00 bits per heavy atom. The van der Waals surface area contributed by atoms with Crippen molar-refractivity contribution in [3.63, 3.8) is 0 Å². The van der Waals surface area contributed by atoms with E-state index in [0.717, 1.165) is 36.9 Å². The Morgan fingerprint density at radius 2 is 1.76 bits per heavy atom. The molecule has 0 amide bonds. The van der Waals surface area contributed by atoms with Crippen LogP contribution in [0.3, 0.4) is 0 Å². The standard InChI is InChI=1S/C24H26BrN3O/c25-19-9-7-18(8-10-19)16-20(29)17-27-14-11-24(12-15-27)23-6-3-13-28(23)22-5-2-1-4-21(22)26-24/h1-10,13,20,26,29H,11-12,14-17H2/t20-/m0/s1. The smallest absolute Gasteiger partial charge is 0.0804 e. The number of fused-ring (bicyclic) bond motifs is 4. The van der Waals surface area contributed by atoms with Crippen molar-refractivity contribution in [1.82, 2.24) is 9.47 Å². The van der Waals surface area contributed by atoms with Crippen molar-refractivity contribution in [3.8, 4) is 5.69 Å². The average molecular weight is 452 g/mol. The van der Waals surface area contributed by atoms with E-state index in [2.05, 4.69) is 85.4 Å². The fourth-order valence-electron chi connectivity index (χ4n) is 4.85. The summed E-state index contributed by atoms with van der Waals surface area (Å²) in [4.78, 5) is 2.41. The number of hydrogen-bond acceptors (Lipinski definition) is 3. The molecule has 1 saturated heterocycles. The topological polar surface area (TPSA) is 40.4 Å². The molecule has 5 heteroatoms. The van der Waals surface area contributed by atoms with Crippen molar-refractivity contribution < 1.29 is 5.11 Å². The molecule has 1 spiro atoms. The fraction of sp³-hybridized carbons (Fsp3) is 0.333. The Hall–Kier alpha value is -2.08. The maximum Gasteiger partial charge on any atom is 0.0804 e. The van der Waals surface area contributed by atoms with E-state index in [0.29, 0.717) is 6.42 Å². The number of hydrogen-bond donors (Lipinski definition) is 2. The van der Waals surface area contributed by atoms with Gasteiger partial charge >= 0.3 is 0 Å². The van der Waals surface area contributed by atoms with E-state index in [4.69, 9.17) is 0 Å². The second-order valence-electron chi connectivity index (χ2n) is 8.27. The summed E-state index contributed by atoms with van der Waals surface area (Å²) in [6.45, 7) is 2.69.